The van der Waals surface area contributed by atoms with Gasteiger partial charge in [-0.15, -0.1) is 0 Å². The van der Waals surface area contributed by atoms with E-state index in [9.17, 15) is 39.9 Å². The van der Waals surface area contributed by atoms with Gasteiger partial charge in [-0.2, -0.15) is 0 Å². The van der Waals surface area contributed by atoms with Gasteiger partial charge >= 0.3 is 23.3 Å². The van der Waals surface area contributed by atoms with E-state index in [1.165, 1.54) is 28.7 Å². The second-order valence-electron chi connectivity index (χ2n) is 7.31. The van der Waals surface area contributed by atoms with Crippen molar-refractivity contribution in [3.63, 3.8) is 0 Å². The number of methoxy groups -OCH3 is 1. The van der Waals surface area contributed by atoms with E-state index < -0.39 is 61.9 Å². The van der Waals surface area contributed by atoms with Gasteiger partial charge in [-0.3, -0.25) is 39.9 Å². The number of nitro benzene ring substituents is 3. The lowest BCUT2D eigenvalue weighted by atomic mass is 10.1. The third kappa shape index (κ3) is 8.30. The summed E-state index contributed by atoms with van der Waals surface area (Å²) in [6, 6.07) is 1.07. The van der Waals surface area contributed by atoms with Crippen molar-refractivity contribution in [2.75, 3.05) is 12.9 Å². The summed E-state index contributed by atoms with van der Waals surface area (Å²) >= 11 is 0. The lowest BCUT2D eigenvalue weighted by molar-refractivity contribution is -0.424. The molecule has 0 saturated carbocycles. The van der Waals surface area contributed by atoms with Crippen molar-refractivity contribution < 1.29 is 33.8 Å². The Morgan fingerprint density at radius 3 is 2.00 bits per heavy atom. The van der Waals surface area contributed by atoms with E-state index in [-0.39, 0.29) is 16.9 Å². The fourth-order valence-electron chi connectivity index (χ4n) is 2.28. The molecule has 0 bridgehead atoms. The highest BCUT2D eigenvalue weighted by Crippen LogP contribution is 2.37. The maximum absolute atomic E-state index is 12.2. The van der Waals surface area contributed by atoms with E-state index in [0.29, 0.717) is 12.1 Å². The number of benzene rings is 1. The fraction of sp³-hybridized carbons (Fsp3) is 0.529. The minimum atomic E-state index is -1.12. The molecule has 0 saturated heterocycles. The van der Waals surface area contributed by atoms with E-state index in [0.717, 1.165) is 0 Å². The second kappa shape index (κ2) is 11.6. The molecule has 0 radical (unpaired) electrons. The molecule has 0 spiro atoms. The fourth-order valence-corrected chi connectivity index (χ4v) is 4.87. The third-order valence-electron chi connectivity index (χ3n) is 3.68. The molecule has 0 aliphatic rings. The zero-order valence-electron chi connectivity index (χ0n) is 17.6. The standard InChI is InChI=1S/C17H21N3O10S2/c1-17(2,3)32-31-9-11(16(22)29-4)6-15(21)30-8-10-5-13(19(25)26)14(20(27)28)7-12(10)18(23)24/h5,7,11H,6,8-9H2,1-4H3. The van der Waals surface area contributed by atoms with Gasteiger partial charge in [0.05, 0.1) is 39.8 Å². The maximum Gasteiger partial charge on any atom is 0.352 e. The Morgan fingerprint density at radius 1 is 1.00 bits per heavy atom. The van der Waals surface area contributed by atoms with Crippen LogP contribution in [-0.4, -0.2) is 44.3 Å². The van der Waals surface area contributed by atoms with Crippen molar-refractivity contribution in [3.8, 4) is 0 Å². The Hall–Kier alpha value is -2.94. The molecule has 1 atom stereocenters. The molecule has 0 N–H and O–H groups in total. The minimum absolute atomic E-state index is 0.0879. The van der Waals surface area contributed by atoms with Gasteiger partial charge in [-0.05, 0) is 0 Å². The van der Waals surface area contributed by atoms with E-state index in [4.69, 9.17) is 4.74 Å². The molecule has 13 nitrogen and oxygen atoms in total. The van der Waals surface area contributed by atoms with Crippen molar-refractivity contribution in [3.05, 3.63) is 48.0 Å². The zero-order chi connectivity index (χ0) is 24.6. The Morgan fingerprint density at radius 2 is 1.53 bits per heavy atom. The summed E-state index contributed by atoms with van der Waals surface area (Å²) in [7, 11) is 4.04. The lowest BCUT2D eigenvalue weighted by Gasteiger charge is -2.18. The molecule has 1 unspecified atom stereocenters. The smallest absolute Gasteiger partial charge is 0.352 e. The molecule has 15 heteroatoms. The van der Waals surface area contributed by atoms with E-state index in [1.807, 2.05) is 20.8 Å². The quantitative estimate of drug-likeness (QED) is 0.189. The van der Waals surface area contributed by atoms with Gasteiger partial charge in [0.1, 0.15) is 12.7 Å². The Bertz CT molecular complexity index is 917. The van der Waals surface area contributed by atoms with Crippen LogP contribution in [0.25, 0.3) is 0 Å². The predicted molar refractivity (Wildman–Crippen MR) is 116 cm³/mol. The second-order valence-corrected chi connectivity index (χ2v) is 10.5. The van der Waals surface area contributed by atoms with E-state index in [2.05, 4.69) is 4.74 Å². The molecule has 0 aliphatic carbocycles. The first-order valence-corrected chi connectivity index (χ1v) is 11.2. The summed E-state index contributed by atoms with van der Waals surface area (Å²) in [4.78, 5) is 54.3. The van der Waals surface area contributed by atoms with Crippen molar-refractivity contribution in [1.29, 1.82) is 0 Å². The maximum atomic E-state index is 12.2. The van der Waals surface area contributed by atoms with Gasteiger partial charge in [-0.1, -0.05) is 42.4 Å². The molecular weight excluding hydrogens is 470 g/mol. The summed E-state index contributed by atoms with van der Waals surface area (Å²) in [5.41, 5.74) is -3.24. The molecule has 0 heterocycles. The molecule has 0 amide bonds. The number of nitrogens with zero attached hydrogens (tertiary/aromatic N) is 3. The van der Waals surface area contributed by atoms with E-state index >= 15 is 0 Å². The number of hydrogen-bond acceptors (Lipinski definition) is 12. The van der Waals surface area contributed by atoms with Crippen LogP contribution < -0.4 is 0 Å². The van der Waals surface area contributed by atoms with Crippen molar-refractivity contribution in [1.82, 2.24) is 0 Å². The number of ether oxygens (including phenoxy) is 2. The van der Waals surface area contributed by atoms with Crippen molar-refractivity contribution >= 4 is 50.6 Å². The predicted octanol–water partition coefficient (Wildman–Crippen LogP) is 3.81. The van der Waals surface area contributed by atoms with E-state index in [1.54, 1.807) is 0 Å². The summed E-state index contributed by atoms with van der Waals surface area (Å²) in [5, 5.41) is 33.3. The topological polar surface area (TPSA) is 182 Å². The van der Waals surface area contributed by atoms with Crippen LogP contribution in [-0.2, 0) is 25.7 Å². The Kier molecular flexibility index (Phi) is 9.83. The largest absolute Gasteiger partial charge is 0.469 e. The summed E-state index contributed by atoms with van der Waals surface area (Å²) in [6.45, 7) is 5.18. The summed E-state index contributed by atoms with van der Waals surface area (Å²) in [6.07, 6.45) is -0.382. The van der Waals surface area contributed by atoms with Gasteiger partial charge < -0.3 is 9.47 Å². The molecule has 1 rings (SSSR count). The van der Waals surface area contributed by atoms with Crippen LogP contribution in [0, 0.1) is 36.3 Å². The van der Waals surface area contributed by atoms with Crippen LogP contribution in [0.5, 0.6) is 0 Å². The number of nitro groups is 3. The number of carbonyl (C=O) groups excluding carboxylic acids is 2. The normalized spacial score (nSPS) is 12.0. The van der Waals surface area contributed by atoms with Crippen LogP contribution in [0.3, 0.4) is 0 Å². The van der Waals surface area contributed by atoms with Gasteiger partial charge in [0.2, 0.25) is 0 Å². The van der Waals surface area contributed by atoms with Crippen LogP contribution in [0.1, 0.15) is 32.8 Å². The minimum Gasteiger partial charge on any atom is -0.469 e. The molecule has 0 aliphatic heterocycles. The number of esters is 2. The first kappa shape index (κ1) is 27.1. The molecule has 1 aromatic carbocycles. The third-order valence-corrected chi connectivity index (χ3v) is 7.10. The summed E-state index contributed by atoms with van der Waals surface area (Å²) < 4.78 is 9.57. The van der Waals surface area contributed by atoms with Crippen LogP contribution in [0.4, 0.5) is 17.1 Å². The molecule has 1 aromatic rings. The van der Waals surface area contributed by atoms with Gasteiger partial charge in [-0.25, -0.2) is 0 Å². The first-order chi connectivity index (χ1) is 14.8. The SMILES string of the molecule is COC(=O)C(CSSC(C)(C)C)CC(=O)OCc1cc([N+](=O)[O-])c([N+](=O)[O-])cc1[N+](=O)[O-]. The first-order valence-electron chi connectivity index (χ1n) is 8.91. The number of hydrogen-bond donors (Lipinski definition) is 0. The van der Waals surface area contributed by atoms with Gasteiger partial charge in [0.25, 0.3) is 5.69 Å². The monoisotopic (exact) mass is 491 g/mol. The molecule has 32 heavy (non-hydrogen) atoms. The average Bonchev–Trinajstić information content (AvgIpc) is 2.68. The molecule has 0 aromatic heterocycles. The van der Waals surface area contributed by atoms with Gasteiger partial charge in [0, 0.05) is 16.6 Å². The molecular formula is C17H21N3O10S2. The van der Waals surface area contributed by atoms with Gasteiger partial charge in [0.15, 0.2) is 0 Å². The highest BCUT2D eigenvalue weighted by Gasteiger charge is 2.32. The summed E-state index contributed by atoms with van der Waals surface area (Å²) in [5.74, 6) is -2.13. The van der Waals surface area contributed by atoms with Crippen molar-refractivity contribution in [2.45, 2.75) is 38.5 Å². The average molecular weight is 492 g/mol. The van der Waals surface area contributed by atoms with Crippen LogP contribution in [0.15, 0.2) is 12.1 Å². The highest BCUT2D eigenvalue weighted by atomic mass is 33.1. The molecule has 176 valence electrons. The van der Waals surface area contributed by atoms with Crippen LogP contribution >= 0.6 is 21.6 Å². The number of carbonyl (C=O) groups is 2. The molecule has 0 fully saturated rings. The zero-order valence-corrected chi connectivity index (χ0v) is 19.2. The Balaban J connectivity index is 2.98. The van der Waals surface area contributed by atoms with Crippen molar-refractivity contribution in [2.24, 2.45) is 5.92 Å². The lowest BCUT2D eigenvalue weighted by Crippen LogP contribution is -2.23. The number of rotatable bonds is 11. The highest BCUT2D eigenvalue weighted by molar-refractivity contribution is 8.77. The Labute approximate surface area is 190 Å². The van der Waals surface area contributed by atoms with Crippen LogP contribution in [0.2, 0.25) is 0 Å².